The largest absolute Gasteiger partial charge is 0.381 e. The molecule has 10 heteroatoms. The van der Waals surface area contributed by atoms with Gasteiger partial charge in [0.2, 0.25) is 5.91 Å². The lowest BCUT2D eigenvalue weighted by atomic mass is 9.81. The number of rotatable bonds is 6. The number of amides is 1. The Bertz CT molecular complexity index is 1120. The number of nitrogens with one attached hydrogen (secondary N) is 1. The van der Waals surface area contributed by atoms with Gasteiger partial charge in [0.05, 0.1) is 11.7 Å². The van der Waals surface area contributed by atoms with Gasteiger partial charge in [-0.15, -0.1) is 0 Å². The number of ether oxygens (including phenoxy) is 1. The van der Waals surface area contributed by atoms with Gasteiger partial charge >= 0.3 is 0 Å². The van der Waals surface area contributed by atoms with Crippen molar-refractivity contribution in [3.05, 3.63) is 24.5 Å². The summed E-state index contributed by atoms with van der Waals surface area (Å²) in [6.07, 6.45) is 7.90. The van der Waals surface area contributed by atoms with Gasteiger partial charge in [-0.3, -0.25) is 4.79 Å². The third kappa shape index (κ3) is 3.68. The van der Waals surface area contributed by atoms with Crippen LogP contribution in [-0.4, -0.2) is 72.6 Å². The van der Waals surface area contributed by atoms with Crippen molar-refractivity contribution in [1.29, 1.82) is 0 Å². The highest BCUT2D eigenvalue weighted by molar-refractivity contribution is 5.86. The van der Waals surface area contributed by atoms with E-state index < -0.39 is 0 Å². The monoisotopic (exact) mass is 436 g/mol. The van der Waals surface area contributed by atoms with Gasteiger partial charge in [-0.1, -0.05) is 0 Å². The quantitative estimate of drug-likeness (QED) is 0.625. The number of hydrogen-bond acceptors (Lipinski definition) is 8. The van der Waals surface area contributed by atoms with E-state index in [1.807, 2.05) is 16.4 Å². The van der Waals surface area contributed by atoms with Crippen LogP contribution in [0.5, 0.6) is 0 Å². The molecule has 32 heavy (non-hydrogen) atoms. The third-order valence-corrected chi connectivity index (χ3v) is 6.51. The second-order valence-corrected chi connectivity index (χ2v) is 8.53. The molecule has 1 N–H and O–H groups in total. The first kappa shape index (κ1) is 20.7. The van der Waals surface area contributed by atoms with Crippen LogP contribution in [0.4, 0.5) is 5.82 Å². The Morgan fingerprint density at radius 2 is 2.00 bits per heavy atom. The lowest BCUT2D eigenvalue weighted by molar-refractivity contribution is -0.142. The van der Waals surface area contributed by atoms with Gasteiger partial charge in [-0.2, -0.15) is 0 Å². The molecule has 3 aromatic rings. The SMILES string of the molecule is CCn1c(-c2cnc(C)nc2)nc2c(NC3CCN(C(=O)C4CC(OC)C4)C3)ncnc21. The molecular formula is C22H28N8O2. The van der Waals surface area contributed by atoms with Gasteiger partial charge in [-0.05, 0) is 33.1 Å². The fraction of sp³-hybridized carbons (Fsp3) is 0.545. The molecule has 0 spiro atoms. The van der Waals surface area contributed by atoms with Gasteiger partial charge in [0.15, 0.2) is 17.0 Å². The van der Waals surface area contributed by atoms with Crippen LogP contribution in [0, 0.1) is 12.8 Å². The second-order valence-electron chi connectivity index (χ2n) is 8.53. The molecule has 0 aromatic carbocycles. The average Bonchev–Trinajstić information content (AvgIpc) is 3.38. The summed E-state index contributed by atoms with van der Waals surface area (Å²) in [7, 11) is 1.71. The number of imidazole rings is 1. The standard InChI is InChI=1S/C22H28N8O2/c1-4-30-20(15-9-23-13(2)24-10-15)28-18-19(25-12-26-21(18)30)27-16-5-6-29(11-16)22(31)14-7-17(8-14)32-3/h9-10,12,14,16-17H,4-8,11H2,1-3H3,(H,25,26,27). The predicted octanol–water partition coefficient (Wildman–Crippen LogP) is 2.05. The summed E-state index contributed by atoms with van der Waals surface area (Å²) in [6.45, 7) is 6.06. The highest BCUT2D eigenvalue weighted by Crippen LogP contribution is 2.33. The van der Waals surface area contributed by atoms with E-state index in [2.05, 4.69) is 32.2 Å². The first-order chi connectivity index (χ1) is 15.6. The molecule has 0 radical (unpaired) electrons. The predicted molar refractivity (Wildman–Crippen MR) is 119 cm³/mol. The van der Waals surface area contributed by atoms with Gasteiger partial charge < -0.3 is 19.5 Å². The summed E-state index contributed by atoms with van der Waals surface area (Å²) in [6, 6.07) is 0.133. The first-order valence-corrected chi connectivity index (χ1v) is 11.2. The summed E-state index contributed by atoms with van der Waals surface area (Å²) in [5, 5.41) is 3.51. The molecular weight excluding hydrogens is 408 g/mol. The maximum atomic E-state index is 12.8. The minimum atomic E-state index is 0.101. The molecule has 1 amide bonds. The fourth-order valence-electron chi connectivity index (χ4n) is 4.56. The first-order valence-electron chi connectivity index (χ1n) is 11.2. The van der Waals surface area contributed by atoms with Gasteiger partial charge in [0, 0.05) is 51.1 Å². The maximum Gasteiger partial charge on any atom is 0.225 e. The smallest absolute Gasteiger partial charge is 0.225 e. The molecule has 4 heterocycles. The number of anilines is 1. The zero-order valence-corrected chi connectivity index (χ0v) is 18.7. The zero-order chi connectivity index (χ0) is 22.2. The number of aromatic nitrogens is 6. The average molecular weight is 437 g/mol. The van der Waals surface area contributed by atoms with Crippen molar-refractivity contribution >= 4 is 22.9 Å². The molecule has 1 unspecified atom stereocenters. The fourth-order valence-corrected chi connectivity index (χ4v) is 4.56. The molecule has 168 valence electrons. The van der Waals surface area contributed by atoms with Crippen LogP contribution in [0.15, 0.2) is 18.7 Å². The molecule has 0 bridgehead atoms. The van der Waals surface area contributed by atoms with Crippen molar-refractivity contribution in [2.75, 3.05) is 25.5 Å². The van der Waals surface area contributed by atoms with E-state index in [0.717, 1.165) is 54.2 Å². The maximum absolute atomic E-state index is 12.8. The number of carbonyl (C=O) groups excluding carboxylic acids is 1. The van der Waals surface area contributed by atoms with Crippen molar-refractivity contribution in [3.63, 3.8) is 0 Å². The normalized spacial score (nSPS) is 22.8. The van der Waals surface area contributed by atoms with E-state index in [9.17, 15) is 4.79 Å². The molecule has 2 aliphatic rings. The van der Waals surface area contributed by atoms with Crippen LogP contribution in [0.3, 0.4) is 0 Å². The second kappa shape index (κ2) is 8.42. The highest BCUT2D eigenvalue weighted by atomic mass is 16.5. The van der Waals surface area contributed by atoms with Crippen molar-refractivity contribution in [2.24, 2.45) is 5.92 Å². The highest BCUT2D eigenvalue weighted by Gasteiger charge is 2.39. The van der Waals surface area contributed by atoms with E-state index >= 15 is 0 Å². The number of fused-ring (bicyclic) bond motifs is 1. The summed E-state index contributed by atoms with van der Waals surface area (Å²) in [5.74, 6) is 2.53. The minimum Gasteiger partial charge on any atom is -0.381 e. The molecule has 1 aliphatic heterocycles. The van der Waals surface area contributed by atoms with E-state index in [1.165, 1.54) is 0 Å². The topological polar surface area (TPSA) is 111 Å². The Kier molecular flexibility index (Phi) is 5.46. The van der Waals surface area contributed by atoms with E-state index in [4.69, 9.17) is 9.72 Å². The molecule has 1 aliphatic carbocycles. The van der Waals surface area contributed by atoms with Crippen molar-refractivity contribution < 1.29 is 9.53 Å². The van der Waals surface area contributed by atoms with Crippen LogP contribution in [0.25, 0.3) is 22.6 Å². The molecule has 1 saturated heterocycles. The molecule has 2 fully saturated rings. The number of methoxy groups -OCH3 is 1. The van der Waals surface area contributed by atoms with Gasteiger partial charge in [0.1, 0.15) is 18.0 Å². The van der Waals surface area contributed by atoms with E-state index in [-0.39, 0.29) is 24.0 Å². The van der Waals surface area contributed by atoms with Crippen LogP contribution in [0.1, 0.15) is 32.0 Å². The lowest BCUT2D eigenvalue weighted by Crippen LogP contribution is -2.44. The Morgan fingerprint density at radius 3 is 2.72 bits per heavy atom. The van der Waals surface area contributed by atoms with Gasteiger partial charge in [0.25, 0.3) is 0 Å². The Hall–Kier alpha value is -3.14. The molecule has 3 aromatic heterocycles. The zero-order valence-electron chi connectivity index (χ0n) is 18.7. The van der Waals surface area contributed by atoms with E-state index in [1.54, 1.807) is 25.8 Å². The summed E-state index contributed by atoms with van der Waals surface area (Å²) >= 11 is 0. The number of nitrogens with zero attached hydrogens (tertiary/aromatic N) is 7. The van der Waals surface area contributed by atoms with Crippen LogP contribution >= 0.6 is 0 Å². The number of carbonyl (C=O) groups is 1. The number of hydrogen-bond donors (Lipinski definition) is 1. The van der Waals surface area contributed by atoms with Crippen LogP contribution in [-0.2, 0) is 16.1 Å². The minimum absolute atomic E-state index is 0.101. The summed E-state index contributed by atoms with van der Waals surface area (Å²) < 4.78 is 7.36. The van der Waals surface area contributed by atoms with Gasteiger partial charge in [-0.25, -0.2) is 24.9 Å². The summed E-state index contributed by atoms with van der Waals surface area (Å²) in [5.41, 5.74) is 2.33. The number of aryl methyl sites for hydroxylation is 2. The Morgan fingerprint density at radius 1 is 1.22 bits per heavy atom. The summed E-state index contributed by atoms with van der Waals surface area (Å²) in [4.78, 5) is 37.1. The Labute approximate surface area is 186 Å². The van der Waals surface area contributed by atoms with E-state index in [0.29, 0.717) is 18.9 Å². The lowest BCUT2D eigenvalue weighted by Gasteiger charge is -2.35. The Balaban J connectivity index is 1.35. The van der Waals surface area contributed by atoms with Crippen LogP contribution < -0.4 is 5.32 Å². The third-order valence-electron chi connectivity index (χ3n) is 6.51. The number of likely N-dealkylation sites (tertiary alicyclic amines) is 1. The molecule has 1 saturated carbocycles. The van der Waals surface area contributed by atoms with Crippen LogP contribution in [0.2, 0.25) is 0 Å². The molecule has 5 rings (SSSR count). The molecule has 10 nitrogen and oxygen atoms in total. The van der Waals surface area contributed by atoms with Crippen molar-refractivity contribution in [3.8, 4) is 11.4 Å². The van der Waals surface area contributed by atoms with Crippen molar-refractivity contribution in [1.82, 2.24) is 34.4 Å². The molecule has 1 atom stereocenters. The van der Waals surface area contributed by atoms with Crippen molar-refractivity contribution in [2.45, 2.75) is 51.8 Å².